The van der Waals surface area contributed by atoms with E-state index >= 15 is 0 Å². The van der Waals surface area contributed by atoms with Crippen LogP contribution in [0, 0.1) is 0 Å². The summed E-state index contributed by atoms with van der Waals surface area (Å²) in [6.07, 6.45) is 0. The number of hydrogen-bond donors (Lipinski definition) is 1. The van der Waals surface area contributed by atoms with Gasteiger partial charge in [0, 0.05) is 21.0 Å². The van der Waals surface area contributed by atoms with Gasteiger partial charge in [-0.1, -0.05) is 62.2 Å². The van der Waals surface area contributed by atoms with Gasteiger partial charge < -0.3 is 10.2 Å². The number of sulfonamides is 1. The maximum absolute atomic E-state index is 13.9. The topological polar surface area (TPSA) is 86.8 Å². The molecule has 0 bridgehead atoms. The maximum Gasteiger partial charge on any atom is 0.264 e. The van der Waals surface area contributed by atoms with Crippen LogP contribution in [0.15, 0.2) is 92.7 Å². The molecule has 7 nitrogen and oxygen atoms in total. The fraction of sp³-hybridized carbons (Fsp3) is 0.286. The van der Waals surface area contributed by atoms with Gasteiger partial charge in [-0.3, -0.25) is 13.9 Å². The minimum Gasteiger partial charge on any atom is -0.350 e. The molecule has 0 aromatic heterocycles. The van der Waals surface area contributed by atoms with Crippen molar-refractivity contribution >= 4 is 59.4 Å². The smallest absolute Gasteiger partial charge is 0.264 e. The molecular formula is C28H31Br2N3O4S. The lowest BCUT2D eigenvalue weighted by Gasteiger charge is -2.33. The lowest BCUT2D eigenvalue weighted by molar-refractivity contribution is -0.140. The molecule has 3 rings (SSSR count). The van der Waals surface area contributed by atoms with E-state index in [0.29, 0.717) is 5.69 Å². The number of halogens is 2. The predicted molar refractivity (Wildman–Crippen MR) is 157 cm³/mol. The van der Waals surface area contributed by atoms with Crippen LogP contribution in [0.1, 0.15) is 33.3 Å². The van der Waals surface area contributed by atoms with Crippen LogP contribution in [0.2, 0.25) is 0 Å². The van der Waals surface area contributed by atoms with Gasteiger partial charge in [0.2, 0.25) is 11.8 Å². The maximum atomic E-state index is 13.9. The molecule has 1 atom stereocenters. The third-order valence-corrected chi connectivity index (χ3v) is 8.50. The summed E-state index contributed by atoms with van der Waals surface area (Å²) in [5.74, 6) is -0.837. The van der Waals surface area contributed by atoms with Crippen LogP contribution in [0.3, 0.4) is 0 Å². The summed E-state index contributed by atoms with van der Waals surface area (Å²) in [4.78, 5) is 28.5. The quantitative estimate of drug-likeness (QED) is 0.316. The normalized spacial score (nSPS) is 12.5. The van der Waals surface area contributed by atoms with Crippen molar-refractivity contribution in [3.8, 4) is 0 Å². The van der Waals surface area contributed by atoms with Crippen LogP contribution in [-0.2, 0) is 26.2 Å². The number of anilines is 1. The van der Waals surface area contributed by atoms with Gasteiger partial charge >= 0.3 is 0 Å². The fourth-order valence-corrected chi connectivity index (χ4v) is 5.66. The lowest BCUT2D eigenvalue weighted by Crippen LogP contribution is -2.54. The van der Waals surface area contributed by atoms with E-state index in [1.165, 1.54) is 17.0 Å². The van der Waals surface area contributed by atoms with E-state index < -0.39 is 34.1 Å². The largest absolute Gasteiger partial charge is 0.350 e. The van der Waals surface area contributed by atoms with Crippen molar-refractivity contribution in [1.29, 1.82) is 0 Å². The van der Waals surface area contributed by atoms with E-state index in [1.54, 1.807) is 49.4 Å². The summed E-state index contributed by atoms with van der Waals surface area (Å²) < 4.78 is 30.2. The molecule has 0 unspecified atom stereocenters. The molecule has 0 saturated carbocycles. The Balaban J connectivity index is 2.01. The van der Waals surface area contributed by atoms with Crippen molar-refractivity contribution in [2.45, 2.75) is 50.7 Å². The van der Waals surface area contributed by atoms with E-state index in [9.17, 15) is 18.0 Å². The molecule has 0 spiro atoms. The highest BCUT2D eigenvalue weighted by atomic mass is 79.9. The summed E-state index contributed by atoms with van der Waals surface area (Å²) in [6.45, 7) is 6.88. The van der Waals surface area contributed by atoms with Crippen LogP contribution < -0.4 is 9.62 Å². The number of carbonyl (C=O) groups excluding carboxylic acids is 2. The third kappa shape index (κ3) is 7.91. The molecule has 0 fully saturated rings. The van der Waals surface area contributed by atoms with Gasteiger partial charge in [-0.2, -0.15) is 0 Å². The molecule has 3 aromatic rings. The Labute approximate surface area is 241 Å². The van der Waals surface area contributed by atoms with E-state index in [-0.39, 0.29) is 17.3 Å². The first-order valence-electron chi connectivity index (χ1n) is 12.0. The number of nitrogens with zero attached hydrogens (tertiary/aromatic N) is 2. The van der Waals surface area contributed by atoms with E-state index in [0.717, 1.165) is 18.8 Å². The zero-order valence-corrected chi connectivity index (χ0v) is 25.7. The van der Waals surface area contributed by atoms with E-state index in [4.69, 9.17) is 0 Å². The average Bonchev–Trinajstić information content (AvgIpc) is 2.86. The Hall–Kier alpha value is -2.69. The summed E-state index contributed by atoms with van der Waals surface area (Å²) in [7, 11) is -4.09. The van der Waals surface area contributed by atoms with Gasteiger partial charge in [-0.15, -0.1) is 0 Å². The molecule has 2 amide bonds. The highest BCUT2D eigenvalue weighted by Gasteiger charge is 2.33. The van der Waals surface area contributed by atoms with E-state index in [1.807, 2.05) is 45.0 Å². The van der Waals surface area contributed by atoms with Crippen LogP contribution in [0.5, 0.6) is 0 Å². The second-order valence-corrected chi connectivity index (χ2v) is 13.6. The second kappa shape index (κ2) is 12.4. The summed E-state index contributed by atoms with van der Waals surface area (Å²) in [5, 5.41) is 2.92. The van der Waals surface area contributed by atoms with Gasteiger partial charge in [0.1, 0.15) is 12.6 Å². The summed E-state index contributed by atoms with van der Waals surface area (Å²) in [5.41, 5.74) is 0.636. The Morgan fingerprint density at radius 1 is 0.868 bits per heavy atom. The molecule has 0 aliphatic rings. The van der Waals surface area contributed by atoms with Crippen molar-refractivity contribution in [2.75, 3.05) is 10.8 Å². The molecule has 38 heavy (non-hydrogen) atoms. The Morgan fingerprint density at radius 3 is 1.92 bits per heavy atom. The Morgan fingerprint density at radius 2 is 1.39 bits per heavy atom. The van der Waals surface area contributed by atoms with Crippen molar-refractivity contribution in [3.63, 3.8) is 0 Å². The molecule has 0 heterocycles. The van der Waals surface area contributed by atoms with Gasteiger partial charge in [0.15, 0.2) is 0 Å². The van der Waals surface area contributed by atoms with Crippen molar-refractivity contribution < 1.29 is 18.0 Å². The molecule has 0 aliphatic heterocycles. The summed E-state index contributed by atoms with van der Waals surface area (Å²) in [6, 6.07) is 21.2. The first kappa shape index (κ1) is 29.9. The predicted octanol–water partition coefficient (Wildman–Crippen LogP) is 5.74. The molecular weight excluding hydrogens is 634 g/mol. The minimum atomic E-state index is -4.09. The SMILES string of the molecule is C[C@@H](C(=O)NC(C)(C)C)N(Cc1ccc(Br)cc1)C(=O)CN(c1ccc(Br)cc1)S(=O)(=O)c1ccccc1. The first-order chi connectivity index (χ1) is 17.8. The standard InChI is InChI=1S/C28H31Br2N3O4S/c1-20(27(35)31-28(2,3)4)32(18-21-10-12-22(29)13-11-21)26(34)19-33(24-16-14-23(30)15-17-24)38(36,37)25-8-6-5-7-9-25/h5-17,20H,18-19H2,1-4H3,(H,31,35)/t20-/m0/s1. The van der Waals surface area contributed by atoms with Crippen molar-refractivity contribution in [1.82, 2.24) is 10.2 Å². The fourth-order valence-electron chi connectivity index (χ4n) is 3.70. The number of amides is 2. The molecule has 0 aliphatic carbocycles. The molecule has 0 radical (unpaired) electrons. The monoisotopic (exact) mass is 663 g/mol. The third-order valence-electron chi connectivity index (χ3n) is 5.66. The van der Waals surface area contributed by atoms with Gasteiger partial charge in [0.05, 0.1) is 10.6 Å². The summed E-state index contributed by atoms with van der Waals surface area (Å²) >= 11 is 6.79. The second-order valence-electron chi connectivity index (χ2n) is 9.86. The van der Waals surface area contributed by atoms with Crippen LogP contribution >= 0.6 is 31.9 Å². The molecule has 202 valence electrons. The minimum absolute atomic E-state index is 0.0636. The molecule has 3 aromatic carbocycles. The zero-order valence-electron chi connectivity index (χ0n) is 21.7. The Bertz CT molecular complexity index is 1360. The molecule has 1 N–H and O–H groups in total. The van der Waals surface area contributed by atoms with Gasteiger partial charge in [-0.05, 0) is 81.8 Å². The highest BCUT2D eigenvalue weighted by Crippen LogP contribution is 2.26. The number of hydrogen-bond acceptors (Lipinski definition) is 4. The first-order valence-corrected chi connectivity index (χ1v) is 15.0. The Kier molecular flexibility index (Phi) is 9.78. The van der Waals surface area contributed by atoms with Crippen LogP contribution in [0.4, 0.5) is 5.69 Å². The molecule has 0 saturated heterocycles. The molecule has 10 heteroatoms. The van der Waals surface area contributed by atoms with Gasteiger partial charge in [-0.25, -0.2) is 8.42 Å². The highest BCUT2D eigenvalue weighted by molar-refractivity contribution is 9.10. The number of rotatable bonds is 9. The van der Waals surface area contributed by atoms with Crippen LogP contribution in [0.25, 0.3) is 0 Å². The number of nitrogens with one attached hydrogen (secondary N) is 1. The number of benzene rings is 3. The lowest BCUT2D eigenvalue weighted by atomic mass is 10.1. The van der Waals surface area contributed by atoms with E-state index in [2.05, 4.69) is 37.2 Å². The zero-order chi connectivity index (χ0) is 28.1. The average molecular weight is 665 g/mol. The van der Waals surface area contributed by atoms with Crippen molar-refractivity contribution in [2.24, 2.45) is 0 Å². The van der Waals surface area contributed by atoms with Gasteiger partial charge in [0.25, 0.3) is 10.0 Å². The van der Waals surface area contributed by atoms with Crippen LogP contribution in [-0.4, -0.2) is 43.3 Å². The number of carbonyl (C=O) groups is 2. The van der Waals surface area contributed by atoms with Crippen molar-refractivity contribution in [3.05, 3.63) is 93.4 Å².